The Balaban J connectivity index is 1.92. The monoisotopic (exact) mass is 422 g/mol. The van der Waals surface area contributed by atoms with E-state index in [0.717, 1.165) is 11.1 Å². The summed E-state index contributed by atoms with van der Waals surface area (Å²) >= 11 is 12.3. The van der Waals surface area contributed by atoms with Crippen molar-refractivity contribution in [2.45, 2.75) is 0 Å². The van der Waals surface area contributed by atoms with E-state index >= 15 is 0 Å². The number of phenolic OH excluding ortho intramolecular Hbond substituents is 2. The van der Waals surface area contributed by atoms with Crippen LogP contribution >= 0.6 is 23.2 Å². The minimum Gasteiger partial charge on any atom is -0.503 e. The Hall–Kier alpha value is -3.14. The first-order valence-electron chi connectivity index (χ1n) is 8.88. The van der Waals surface area contributed by atoms with Gasteiger partial charge in [0, 0.05) is 11.1 Å². The molecule has 5 heteroatoms. The highest BCUT2D eigenvalue weighted by atomic mass is 35.5. The quantitative estimate of drug-likeness (QED) is 0.357. The lowest BCUT2D eigenvalue weighted by molar-refractivity contribution is 0.387. The van der Waals surface area contributed by atoms with Gasteiger partial charge in [-0.1, -0.05) is 83.9 Å². The van der Waals surface area contributed by atoms with Crippen LogP contribution < -0.4 is 4.74 Å². The number of benzene rings is 4. The van der Waals surface area contributed by atoms with E-state index in [9.17, 15) is 10.2 Å². The molecule has 0 unspecified atom stereocenters. The zero-order valence-electron chi connectivity index (χ0n) is 15.1. The first kappa shape index (κ1) is 19.2. The lowest BCUT2D eigenvalue weighted by Gasteiger charge is -2.18. The summed E-state index contributed by atoms with van der Waals surface area (Å²) in [5, 5.41) is 21.6. The van der Waals surface area contributed by atoms with Crippen molar-refractivity contribution in [3.8, 4) is 45.3 Å². The second kappa shape index (κ2) is 8.08. The van der Waals surface area contributed by atoms with Crippen molar-refractivity contribution in [3.63, 3.8) is 0 Å². The summed E-state index contributed by atoms with van der Waals surface area (Å²) in [7, 11) is 0. The van der Waals surface area contributed by atoms with E-state index < -0.39 is 0 Å². The fourth-order valence-electron chi connectivity index (χ4n) is 3.09. The first-order chi connectivity index (χ1) is 14.1. The Morgan fingerprint density at radius 2 is 0.897 bits per heavy atom. The molecule has 0 atom stereocenters. The lowest BCUT2D eigenvalue weighted by atomic mass is 10.0. The molecule has 0 amide bonds. The van der Waals surface area contributed by atoms with Crippen molar-refractivity contribution < 1.29 is 14.9 Å². The van der Waals surface area contributed by atoms with E-state index in [4.69, 9.17) is 27.9 Å². The zero-order valence-corrected chi connectivity index (χ0v) is 16.7. The van der Waals surface area contributed by atoms with Crippen LogP contribution in [0.2, 0.25) is 10.0 Å². The number of halogens is 2. The first-order valence-corrected chi connectivity index (χ1v) is 9.63. The van der Waals surface area contributed by atoms with Crippen molar-refractivity contribution in [2.24, 2.45) is 0 Å². The normalized spacial score (nSPS) is 10.7. The zero-order chi connectivity index (χ0) is 20.4. The molecular formula is C24H16Cl2O3. The van der Waals surface area contributed by atoms with E-state index in [1.807, 2.05) is 60.7 Å². The standard InChI is InChI=1S/C24H16Cl2O3/c25-19-13-11-17(15-7-3-1-4-8-15)23(21(19)27)29-24-18(12-14-20(26)22(24)28)16-9-5-2-6-10-16/h1-14,27-28H. The average Bonchev–Trinajstić information content (AvgIpc) is 2.76. The number of rotatable bonds is 4. The van der Waals surface area contributed by atoms with E-state index in [0.29, 0.717) is 11.1 Å². The summed E-state index contributed by atoms with van der Waals surface area (Å²) in [6, 6.07) is 25.6. The maximum Gasteiger partial charge on any atom is 0.178 e. The Morgan fingerprint density at radius 3 is 1.28 bits per heavy atom. The van der Waals surface area contributed by atoms with Gasteiger partial charge in [-0.25, -0.2) is 0 Å². The molecule has 4 aromatic carbocycles. The van der Waals surface area contributed by atoms with Crippen molar-refractivity contribution in [1.29, 1.82) is 0 Å². The van der Waals surface area contributed by atoms with Crippen LogP contribution in [0, 0.1) is 0 Å². The van der Waals surface area contributed by atoms with Crippen LogP contribution in [0.3, 0.4) is 0 Å². The van der Waals surface area contributed by atoms with Gasteiger partial charge in [-0.2, -0.15) is 0 Å². The van der Waals surface area contributed by atoms with Crippen molar-refractivity contribution >= 4 is 23.2 Å². The second-order valence-electron chi connectivity index (χ2n) is 6.38. The molecule has 0 spiro atoms. The van der Waals surface area contributed by atoms with Crippen molar-refractivity contribution in [1.82, 2.24) is 0 Å². The van der Waals surface area contributed by atoms with Gasteiger partial charge >= 0.3 is 0 Å². The molecule has 4 aromatic rings. The van der Waals surface area contributed by atoms with Crippen LogP contribution in [0.4, 0.5) is 0 Å². The Labute approximate surface area is 178 Å². The summed E-state index contributed by atoms with van der Waals surface area (Å²) in [6.45, 7) is 0. The third-order valence-electron chi connectivity index (χ3n) is 4.54. The Bertz CT molecular complexity index is 1070. The molecular weight excluding hydrogens is 407 g/mol. The predicted molar refractivity (Wildman–Crippen MR) is 117 cm³/mol. The van der Waals surface area contributed by atoms with Crippen LogP contribution in [0.15, 0.2) is 84.9 Å². The van der Waals surface area contributed by atoms with Crippen LogP contribution in [-0.2, 0) is 0 Å². The molecule has 0 saturated heterocycles. The third kappa shape index (κ3) is 3.75. The van der Waals surface area contributed by atoms with Crippen LogP contribution in [0.1, 0.15) is 0 Å². The van der Waals surface area contributed by atoms with Crippen molar-refractivity contribution in [2.75, 3.05) is 0 Å². The SMILES string of the molecule is Oc1c(Cl)ccc(-c2ccccc2)c1Oc1c(-c2ccccc2)ccc(Cl)c1O. The second-order valence-corrected chi connectivity index (χ2v) is 7.19. The number of aromatic hydroxyl groups is 2. The van der Waals surface area contributed by atoms with Gasteiger partial charge in [-0.05, 0) is 35.4 Å². The third-order valence-corrected chi connectivity index (χ3v) is 5.15. The summed E-state index contributed by atoms with van der Waals surface area (Å²) < 4.78 is 6.10. The van der Waals surface area contributed by atoms with Crippen LogP contribution in [0.25, 0.3) is 22.3 Å². The maximum absolute atomic E-state index is 10.7. The summed E-state index contributed by atoms with van der Waals surface area (Å²) in [4.78, 5) is 0. The van der Waals surface area contributed by atoms with E-state index in [2.05, 4.69) is 0 Å². The van der Waals surface area contributed by atoms with Gasteiger partial charge < -0.3 is 14.9 Å². The topological polar surface area (TPSA) is 49.7 Å². The molecule has 0 heterocycles. The lowest BCUT2D eigenvalue weighted by Crippen LogP contribution is -1.93. The molecule has 0 aliphatic heterocycles. The van der Waals surface area contributed by atoms with Crippen LogP contribution in [0.5, 0.6) is 23.0 Å². The molecule has 0 aromatic heterocycles. The molecule has 0 fully saturated rings. The molecule has 0 radical (unpaired) electrons. The highest BCUT2D eigenvalue weighted by molar-refractivity contribution is 6.33. The molecule has 4 rings (SSSR count). The van der Waals surface area contributed by atoms with Gasteiger partial charge in [0.05, 0.1) is 10.0 Å². The molecule has 2 N–H and O–H groups in total. The van der Waals surface area contributed by atoms with Gasteiger partial charge in [0.2, 0.25) is 0 Å². The van der Waals surface area contributed by atoms with Gasteiger partial charge in [-0.3, -0.25) is 0 Å². The summed E-state index contributed by atoms with van der Waals surface area (Å²) in [5.74, 6) is -0.158. The van der Waals surface area contributed by atoms with E-state index in [-0.39, 0.29) is 33.0 Å². The van der Waals surface area contributed by atoms with E-state index in [1.54, 1.807) is 24.3 Å². The van der Waals surface area contributed by atoms with Gasteiger partial charge in [0.15, 0.2) is 23.0 Å². The molecule has 0 aliphatic rings. The summed E-state index contributed by atoms with van der Waals surface area (Å²) in [5.41, 5.74) is 2.92. The largest absolute Gasteiger partial charge is 0.503 e. The highest BCUT2D eigenvalue weighted by Crippen LogP contribution is 2.49. The van der Waals surface area contributed by atoms with Gasteiger partial charge in [0.25, 0.3) is 0 Å². The average molecular weight is 423 g/mol. The van der Waals surface area contributed by atoms with Gasteiger partial charge in [-0.15, -0.1) is 0 Å². The number of ether oxygens (including phenoxy) is 1. The summed E-state index contributed by atoms with van der Waals surface area (Å²) in [6.07, 6.45) is 0. The molecule has 0 aliphatic carbocycles. The minimum atomic E-state index is -0.216. The Morgan fingerprint density at radius 1 is 0.517 bits per heavy atom. The fraction of sp³-hybridized carbons (Fsp3) is 0. The Kier molecular flexibility index (Phi) is 5.34. The predicted octanol–water partition coefficient (Wildman–Crippen LogP) is 7.53. The molecule has 144 valence electrons. The smallest absolute Gasteiger partial charge is 0.178 e. The highest BCUT2D eigenvalue weighted by Gasteiger charge is 2.21. The maximum atomic E-state index is 10.7. The van der Waals surface area contributed by atoms with E-state index in [1.165, 1.54) is 0 Å². The number of hydrogen-bond acceptors (Lipinski definition) is 3. The minimum absolute atomic E-state index is 0.137. The molecule has 29 heavy (non-hydrogen) atoms. The fourth-order valence-corrected chi connectivity index (χ4v) is 3.39. The molecule has 0 saturated carbocycles. The van der Waals surface area contributed by atoms with Gasteiger partial charge in [0.1, 0.15) is 0 Å². The molecule has 3 nitrogen and oxygen atoms in total. The van der Waals surface area contributed by atoms with Crippen LogP contribution in [-0.4, -0.2) is 10.2 Å². The number of hydrogen-bond donors (Lipinski definition) is 2. The molecule has 0 bridgehead atoms. The van der Waals surface area contributed by atoms with Crippen molar-refractivity contribution in [3.05, 3.63) is 95.0 Å². The number of phenols is 2.